The van der Waals surface area contributed by atoms with Gasteiger partial charge in [0.1, 0.15) is 6.04 Å². The number of ketones is 1. The van der Waals surface area contributed by atoms with E-state index in [1.54, 1.807) is 4.90 Å². The topological polar surface area (TPSA) is 94.1 Å². The predicted molar refractivity (Wildman–Crippen MR) is 190 cm³/mol. The minimum Gasteiger partial charge on any atom is -0.343 e. The van der Waals surface area contributed by atoms with Gasteiger partial charge in [0, 0.05) is 49.6 Å². The summed E-state index contributed by atoms with van der Waals surface area (Å²) in [6.45, 7) is 17.2. The highest BCUT2D eigenvalue weighted by Gasteiger charge is 2.31. The first-order chi connectivity index (χ1) is 21.8. The van der Waals surface area contributed by atoms with Crippen molar-refractivity contribution in [3.05, 3.63) is 101 Å². The molecule has 46 heavy (non-hydrogen) atoms. The average molecular weight is 624 g/mol. The lowest BCUT2D eigenvalue weighted by Gasteiger charge is -2.37. The van der Waals surface area contributed by atoms with Crippen molar-refractivity contribution in [1.82, 2.24) is 9.80 Å². The molecule has 1 aliphatic rings. The molecule has 0 aliphatic carbocycles. The fourth-order valence-corrected chi connectivity index (χ4v) is 5.19. The van der Waals surface area contributed by atoms with Crippen LogP contribution in [0.5, 0.6) is 0 Å². The third-order valence-corrected chi connectivity index (χ3v) is 8.04. The number of aliphatic imine (C=N–C) groups is 1. The molecule has 2 amide bonds. The second kappa shape index (κ2) is 15.6. The number of anilines is 2. The van der Waals surface area contributed by atoms with E-state index in [1.165, 1.54) is 6.92 Å². The van der Waals surface area contributed by atoms with Crippen molar-refractivity contribution < 1.29 is 14.4 Å². The van der Waals surface area contributed by atoms with E-state index in [0.717, 1.165) is 28.8 Å². The highest BCUT2D eigenvalue weighted by molar-refractivity contribution is 6.43. The van der Waals surface area contributed by atoms with E-state index in [2.05, 4.69) is 31.4 Å². The van der Waals surface area contributed by atoms with Crippen LogP contribution in [-0.2, 0) is 15.0 Å². The first-order valence-corrected chi connectivity index (χ1v) is 15.9. The van der Waals surface area contributed by atoms with Gasteiger partial charge in [-0.2, -0.15) is 0 Å². The molecule has 8 heteroatoms. The number of piperazine rings is 1. The standard InChI is InChI=1S/C36H43N5O3.C2H6/c1-9-30(29-11-10-12-31(23(29)2)39-34(43)26-13-17-27(18-14-26)36(4,5)6)38-33(24(3)42)37-28-19-15-25(16-20-28)32-35(44)41(8)22-21-40(32)7;1-2/h9-20,32H,21-22H2,1-8H3,(H,37,38)(H,39,43);1-2H3/b30-9-;/t32-;/m1./s1. The molecule has 3 aromatic carbocycles. The van der Waals surface area contributed by atoms with Crippen LogP contribution in [-0.4, -0.2) is 60.4 Å². The second-order valence-electron chi connectivity index (χ2n) is 12.3. The normalized spacial score (nSPS) is 16.0. The van der Waals surface area contributed by atoms with E-state index >= 15 is 0 Å². The maximum atomic E-state index is 13.1. The van der Waals surface area contributed by atoms with Crippen LogP contribution in [0.15, 0.2) is 77.8 Å². The van der Waals surface area contributed by atoms with Crippen molar-refractivity contribution >= 4 is 40.5 Å². The molecule has 3 aromatic rings. The molecule has 8 nitrogen and oxygen atoms in total. The van der Waals surface area contributed by atoms with Crippen LogP contribution in [0.1, 0.15) is 87.1 Å². The number of hydrogen-bond acceptors (Lipinski definition) is 5. The number of carbonyl (C=O) groups excluding carboxylic acids is 3. The van der Waals surface area contributed by atoms with E-state index in [4.69, 9.17) is 4.99 Å². The summed E-state index contributed by atoms with van der Waals surface area (Å²) < 4.78 is 0. The number of amidine groups is 1. The van der Waals surface area contributed by atoms with Crippen LogP contribution in [0.25, 0.3) is 5.70 Å². The van der Waals surface area contributed by atoms with Gasteiger partial charge in [-0.3, -0.25) is 19.3 Å². The fraction of sp³-hybridized carbons (Fsp3) is 0.368. The molecule has 0 saturated carbocycles. The third kappa shape index (κ3) is 8.57. The quantitative estimate of drug-likeness (QED) is 0.210. The third-order valence-electron chi connectivity index (χ3n) is 8.04. The first-order valence-electron chi connectivity index (χ1n) is 15.9. The van der Waals surface area contributed by atoms with Gasteiger partial charge < -0.3 is 15.5 Å². The lowest BCUT2D eigenvalue weighted by molar-refractivity contribution is -0.139. The Morgan fingerprint density at radius 3 is 2.11 bits per heavy atom. The van der Waals surface area contributed by atoms with E-state index in [-0.39, 0.29) is 34.9 Å². The zero-order valence-electron chi connectivity index (χ0n) is 29.0. The Bertz CT molecular complexity index is 1600. The molecule has 2 N–H and O–H groups in total. The SMILES string of the molecule is C/C=C(\N=C(Nc1ccc([C@@H]2C(=O)N(C)CCN2C)cc1)C(C)=O)c1cccc(NC(=O)c2ccc(C(C)(C)C)cc2)c1C.CC. The van der Waals surface area contributed by atoms with E-state index in [9.17, 15) is 14.4 Å². The summed E-state index contributed by atoms with van der Waals surface area (Å²) in [6.07, 6.45) is 1.84. The molecule has 1 saturated heterocycles. The molecular weight excluding hydrogens is 574 g/mol. The Balaban J connectivity index is 0.00000282. The summed E-state index contributed by atoms with van der Waals surface area (Å²) in [6, 6.07) is 20.5. The van der Waals surface area contributed by atoms with Gasteiger partial charge in [-0.15, -0.1) is 0 Å². The van der Waals surface area contributed by atoms with Gasteiger partial charge in [-0.05, 0) is 73.3 Å². The van der Waals surface area contributed by atoms with Crippen molar-refractivity contribution in [2.24, 2.45) is 4.99 Å². The number of nitrogens with zero attached hydrogens (tertiary/aromatic N) is 3. The summed E-state index contributed by atoms with van der Waals surface area (Å²) >= 11 is 0. The summed E-state index contributed by atoms with van der Waals surface area (Å²) in [5.41, 5.74) is 6.22. The highest BCUT2D eigenvalue weighted by atomic mass is 16.2. The van der Waals surface area contributed by atoms with Crippen LogP contribution in [0, 0.1) is 6.92 Å². The molecule has 1 aliphatic heterocycles. The van der Waals surface area contributed by atoms with Crippen molar-refractivity contribution in [3.63, 3.8) is 0 Å². The summed E-state index contributed by atoms with van der Waals surface area (Å²) in [7, 11) is 3.77. The van der Waals surface area contributed by atoms with Crippen LogP contribution >= 0.6 is 0 Å². The van der Waals surface area contributed by atoms with Crippen molar-refractivity contribution in [1.29, 1.82) is 0 Å². The molecule has 0 radical (unpaired) electrons. The minimum atomic E-state index is -0.336. The maximum Gasteiger partial charge on any atom is 0.255 e. The Morgan fingerprint density at radius 2 is 1.54 bits per heavy atom. The molecule has 0 aromatic heterocycles. The molecule has 1 heterocycles. The Labute approximate surface area is 274 Å². The van der Waals surface area contributed by atoms with Gasteiger partial charge >= 0.3 is 0 Å². The molecule has 0 bridgehead atoms. The minimum absolute atomic E-state index is 0.00403. The number of rotatable bonds is 7. The Kier molecular flexibility index (Phi) is 12.2. The van der Waals surface area contributed by atoms with Crippen LogP contribution in [0.4, 0.5) is 11.4 Å². The second-order valence-corrected chi connectivity index (χ2v) is 12.3. The van der Waals surface area contributed by atoms with E-state index < -0.39 is 0 Å². The predicted octanol–water partition coefficient (Wildman–Crippen LogP) is 7.48. The van der Waals surface area contributed by atoms with Crippen molar-refractivity contribution in [3.8, 4) is 0 Å². The highest BCUT2D eigenvalue weighted by Crippen LogP contribution is 2.29. The van der Waals surface area contributed by atoms with Gasteiger partial charge in [0.05, 0.1) is 5.70 Å². The Morgan fingerprint density at radius 1 is 0.913 bits per heavy atom. The number of benzene rings is 3. The number of hydrogen-bond donors (Lipinski definition) is 2. The van der Waals surface area contributed by atoms with Gasteiger partial charge in [-0.25, -0.2) is 4.99 Å². The molecule has 0 unspecified atom stereocenters. The molecule has 4 rings (SSSR count). The number of allylic oxidation sites excluding steroid dienone is 1. The molecular formula is C38H49N5O3. The zero-order chi connectivity index (χ0) is 34.2. The van der Waals surface area contributed by atoms with Crippen molar-refractivity contribution in [2.75, 3.05) is 37.8 Å². The van der Waals surface area contributed by atoms with Crippen LogP contribution in [0.3, 0.4) is 0 Å². The number of carbonyl (C=O) groups is 3. The molecule has 1 atom stereocenters. The van der Waals surface area contributed by atoms with Crippen LogP contribution < -0.4 is 10.6 Å². The summed E-state index contributed by atoms with van der Waals surface area (Å²) in [5, 5.41) is 6.19. The average Bonchev–Trinajstić information content (AvgIpc) is 3.03. The van der Waals surface area contributed by atoms with Gasteiger partial charge in [0.15, 0.2) is 11.6 Å². The van der Waals surface area contributed by atoms with Gasteiger partial charge in [0.2, 0.25) is 5.91 Å². The monoisotopic (exact) mass is 623 g/mol. The van der Waals surface area contributed by atoms with Gasteiger partial charge in [0.25, 0.3) is 5.91 Å². The first kappa shape index (κ1) is 35.9. The van der Waals surface area contributed by atoms with Crippen LogP contribution in [0.2, 0.25) is 0 Å². The molecule has 1 fully saturated rings. The van der Waals surface area contributed by atoms with E-state index in [0.29, 0.717) is 29.2 Å². The molecule has 244 valence electrons. The maximum absolute atomic E-state index is 13.1. The lowest BCUT2D eigenvalue weighted by atomic mass is 9.86. The smallest absolute Gasteiger partial charge is 0.255 e. The van der Waals surface area contributed by atoms with Gasteiger partial charge in [-0.1, -0.05) is 77.1 Å². The summed E-state index contributed by atoms with van der Waals surface area (Å²) in [5.74, 6) is -0.170. The van der Waals surface area contributed by atoms with Crippen molar-refractivity contribution in [2.45, 2.75) is 66.8 Å². The number of nitrogens with one attached hydrogen (secondary N) is 2. The largest absolute Gasteiger partial charge is 0.343 e. The lowest BCUT2D eigenvalue weighted by Crippen LogP contribution is -2.48. The number of likely N-dealkylation sites (N-methyl/N-ethyl adjacent to an activating group) is 2. The summed E-state index contributed by atoms with van der Waals surface area (Å²) in [4.78, 5) is 47.1. The molecule has 0 spiro atoms. The number of amides is 2. The zero-order valence-corrected chi connectivity index (χ0v) is 29.0. The Hall–Kier alpha value is -4.56. The fourth-order valence-electron chi connectivity index (χ4n) is 5.19. The number of Topliss-reactive ketones (excluding diaryl/α,β-unsaturated/α-hetero) is 1. The van der Waals surface area contributed by atoms with E-state index in [1.807, 2.05) is 119 Å².